The van der Waals surface area contributed by atoms with Gasteiger partial charge in [0.25, 0.3) is 0 Å². The summed E-state index contributed by atoms with van der Waals surface area (Å²) in [6.45, 7) is 6.58. The maximum Gasteiger partial charge on any atom is 0.415 e. The minimum Gasteiger partial charge on any atom is -0.480 e. The molecule has 0 saturated heterocycles. The summed E-state index contributed by atoms with van der Waals surface area (Å²) in [6, 6.07) is 2.19. The lowest BCUT2D eigenvalue weighted by Crippen LogP contribution is -2.46. The number of carboxylic acids is 1. The van der Waals surface area contributed by atoms with Crippen molar-refractivity contribution >= 4 is 17.7 Å². The minimum absolute atomic E-state index is 0.381. The molecule has 6 heteroatoms. The molecule has 1 unspecified atom stereocenters. The van der Waals surface area contributed by atoms with Crippen molar-refractivity contribution in [2.75, 3.05) is 4.90 Å². The average Bonchev–Trinajstić information content (AvgIpc) is 2.28. The summed E-state index contributed by atoms with van der Waals surface area (Å²) < 4.78 is 5.22. The van der Waals surface area contributed by atoms with Gasteiger partial charge in [-0.2, -0.15) is 0 Å². The number of carboxylic acid groups (broad SMARTS) is 1. The van der Waals surface area contributed by atoms with Crippen LogP contribution >= 0.6 is 0 Å². The van der Waals surface area contributed by atoms with Crippen LogP contribution in [0.1, 0.15) is 27.7 Å². The van der Waals surface area contributed by atoms with E-state index in [0.29, 0.717) is 5.69 Å². The summed E-state index contributed by atoms with van der Waals surface area (Å²) >= 11 is 0. The van der Waals surface area contributed by atoms with Crippen LogP contribution < -0.4 is 4.90 Å². The van der Waals surface area contributed by atoms with E-state index in [1.165, 1.54) is 13.1 Å². The number of nitrogens with zero attached hydrogens (tertiary/aromatic N) is 2. The fourth-order valence-electron chi connectivity index (χ4n) is 1.40. The van der Waals surface area contributed by atoms with Crippen LogP contribution in [0.15, 0.2) is 24.5 Å². The maximum atomic E-state index is 12.1. The molecular weight excluding hydrogens is 248 g/mol. The molecule has 0 bridgehead atoms. The quantitative estimate of drug-likeness (QED) is 0.908. The Morgan fingerprint density at radius 3 is 2.47 bits per heavy atom. The molecule has 104 valence electrons. The van der Waals surface area contributed by atoms with E-state index in [-0.39, 0.29) is 0 Å². The van der Waals surface area contributed by atoms with Gasteiger partial charge in [-0.05, 0) is 39.8 Å². The van der Waals surface area contributed by atoms with Crippen molar-refractivity contribution < 1.29 is 19.4 Å². The van der Waals surface area contributed by atoms with Crippen molar-refractivity contribution in [1.82, 2.24) is 4.98 Å². The van der Waals surface area contributed by atoms with Gasteiger partial charge in [-0.15, -0.1) is 0 Å². The first-order valence-corrected chi connectivity index (χ1v) is 5.87. The lowest BCUT2D eigenvalue weighted by Gasteiger charge is -2.29. The molecule has 19 heavy (non-hydrogen) atoms. The minimum atomic E-state index is -1.12. The molecule has 1 aromatic heterocycles. The van der Waals surface area contributed by atoms with E-state index in [1.807, 2.05) is 0 Å². The Hall–Kier alpha value is -2.11. The molecule has 1 aromatic rings. The molecular formula is C13H18N2O4. The van der Waals surface area contributed by atoms with Gasteiger partial charge in [-0.3, -0.25) is 9.88 Å². The first kappa shape index (κ1) is 14.9. The maximum absolute atomic E-state index is 12.1. The van der Waals surface area contributed by atoms with E-state index in [4.69, 9.17) is 9.84 Å². The van der Waals surface area contributed by atoms with Crippen LogP contribution in [0.25, 0.3) is 0 Å². The number of carbonyl (C=O) groups is 2. The number of aromatic nitrogens is 1. The summed E-state index contributed by atoms with van der Waals surface area (Å²) in [6.07, 6.45) is 2.25. The largest absolute Gasteiger partial charge is 0.480 e. The van der Waals surface area contributed by atoms with E-state index >= 15 is 0 Å². The number of amides is 1. The van der Waals surface area contributed by atoms with Gasteiger partial charge in [0.2, 0.25) is 0 Å². The predicted molar refractivity (Wildman–Crippen MR) is 70.0 cm³/mol. The summed E-state index contributed by atoms with van der Waals surface area (Å²) in [4.78, 5) is 28.2. The topological polar surface area (TPSA) is 79.7 Å². The molecule has 0 saturated carbocycles. The first-order valence-electron chi connectivity index (χ1n) is 5.87. The molecule has 1 amide bonds. The van der Waals surface area contributed by atoms with Crippen LogP contribution in [0.4, 0.5) is 10.5 Å². The molecule has 1 atom stereocenters. The van der Waals surface area contributed by atoms with Crippen LogP contribution in [0.2, 0.25) is 0 Å². The number of ether oxygens (including phenoxy) is 1. The van der Waals surface area contributed by atoms with E-state index in [9.17, 15) is 9.59 Å². The molecule has 0 spiro atoms. The molecule has 0 aliphatic carbocycles. The SMILES string of the molecule is CC(C(=O)O)N(C(=O)OC(C)(C)C)c1cccnc1. The first-order chi connectivity index (χ1) is 8.72. The van der Waals surface area contributed by atoms with Gasteiger partial charge < -0.3 is 9.84 Å². The van der Waals surface area contributed by atoms with Gasteiger partial charge in [0.05, 0.1) is 11.9 Å². The normalized spacial score (nSPS) is 12.6. The van der Waals surface area contributed by atoms with Gasteiger partial charge in [0.15, 0.2) is 0 Å². The predicted octanol–water partition coefficient (Wildman–Crippen LogP) is 2.30. The van der Waals surface area contributed by atoms with Crippen molar-refractivity contribution in [2.24, 2.45) is 0 Å². The van der Waals surface area contributed by atoms with Gasteiger partial charge in [-0.25, -0.2) is 9.59 Å². The second-order valence-corrected chi connectivity index (χ2v) is 5.08. The zero-order valence-electron chi connectivity index (χ0n) is 11.5. The van der Waals surface area contributed by atoms with Gasteiger partial charge in [-0.1, -0.05) is 0 Å². The number of hydrogen-bond acceptors (Lipinski definition) is 4. The van der Waals surface area contributed by atoms with Crippen molar-refractivity contribution in [3.63, 3.8) is 0 Å². The molecule has 0 aromatic carbocycles. The van der Waals surface area contributed by atoms with Crippen molar-refractivity contribution in [1.29, 1.82) is 0 Å². The number of pyridine rings is 1. The Bertz CT molecular complexity index is 453. The molecule has 6 nitrogen and oxygen atoms in total. The second kappa shape index (κ2) is 5.69. The lowest BCUT2D eigenvalue weighted by molar-refractivity contribution is -0.138. The number of aliphatic carboxylic acids is 1. The standard InChI is InChI=1S/C13H18N2O4/c1-9(11(16)17)15(10-6-5-7-14-8-10)12(18)19-13(2,3)4/h5-9H,1-4H3,(H,16,17). The van der Waals surface area contributed by atoms with Crippen LogP contribution in [-0.4, -0.2) is 33.8 Å². The van der Waals surface area contributed by atoms with Crippen LogP contribution in [0.5, 0.6) is 0 Å². The number of carbonyl (C=O) groups excluding carboxylic acids is 1. The summed E-state index contributed by atoms with van der Waals surface area (Å²) in [7, 11) is 0. The van der Waals surface area contributed by atoms with Crippen molar-refractivity contribution in [3.05, 3.63) is 24.5 Å². The number of hydrogen-bond donors (Lipinski definition) is 1. The monoisotopic (exact) mass is 266 g/mol. The average molecular weight is 266 g/mol. The van der Waals surface area contributed by atoms with Crippen LogP contribution in [0.3, 0.4) is 0 Å². The number of rotatable bonds is 3. The highest BCUT2D eigenvalue weighted by Crippen LogP contribution is 2.19. The fourth-order valence-corrected chi connectivity index (χ4v) is 1.40. The molecule has 1 N–H and O–H groups in total. The highest BCUT2D eigenvalue weighted by Gasteiger charge is 2.31. The molecule has 0 aliphatic rings. The van der Waals surface area contributed by atoms with Gasteiger partial charge >= 0.3 is 12.1 Å². The Balaban J connectivity index is 3.07. The summed E-state index contributed by atoms with van der Waals surface area (Å²) in [5, 5.41) is 9.09. The van der Waals surface area contributed by atoms with Crippen LogP contribution in [-0.2, 0) is 9.53 Å². The fraction of sp³-hybridized carbons (Fsp3) is 0.462. The van der Waals surface area contributed by atoms with E-state index < -0.39 is 23.7 Å². The molecule has 0 radical (unpaired) electrons. The van der Waals surface area contributed by atoms with Gasteiger partial charge in [0, 0.05) is 6.20 Å². The summed E-state index contributed by atoms with van der Waals surface area (Å²) in [5.41, 5.74) is -0.317. The Kier molecular flexibility index (Phi) is 4.47. The van der Waals surface area contributed by atoms with E-state index in [0.717, 1.165) is 4.90 Å². The zero-order chi connectivity index (χ0) is 14.6. The van der Waals surface area contributed by atoms with Crippen molar-refractivity contribution in [2.45, 2.75) is 39.3 Å². The molecule has 1 heterocycles. The lowest BCUT2D eigenvalue weighted by atomic mass is 10.2. The Labute approximate surface area is 112 Å². The summed E-state index contributed by atoms with van der Waals surface area (Å²) in [5.74, 6) is -1.12. The van der Waals surface area contributed by atoms with Crippen molar-refractivity contribution in [3.8, 4) is 0 Å². The zero-order valence-corrected chi connectivity index (χ0v) is 11.5. The molecule has 0 fully saturated rings. The molecule has 0 aliphatic heterocycles. The highest BCUT2D eigenvalue weighted by atomic mass is 16.6. The highest BCUT2D eigenvalue weighted by molar-refractivity contribution is 5.94. The van der Waals surface area contributed by atoms with E-state index in [2.05, 4.69) is 4.98 Å². The van der Waals surface area contributed by atoms with Gasteiger partial charge in [0.1, 0.15) is 11.6 Å². The second-order valence-electron chi connectivity index (χ2n) is 5.08. The third kappa shape index (κ3) is 4.24. The Morgan fingerprint density at radius 2 is 2.05 bits per heavy atom. The third-order valence-corrected chi connectivity index (χ3v) is 2.26. The molecule has 1 rings (SSSR count). The Morgan fingerprint density at radius 1 is 1.42 bits per heavy atom. The third-order valence-electron chi connectivity index (χ3n) is 2.26. The van der Waals surface area contributed by atoms with E-state index in [1.54, 1.807) is 39.1 Å². The number of anilines is 1. The van der Waals surface area contributed by atoms with Crippen LogP contribution in [0, 0.1) is 0 Å². The smallest absolute Gasteiger partial charge is 0.415 e.